The molecule has 6 nitrogen and oxygen atoms in total. The molecule has 2 aromatic heterocycles. The molecule has 2 N–H and O–H groups in total. The number of fused-ring (bicyclic) bond motifs is 1. The summed E-state index contributed by atoms with van der Waals surface area (Å²) in [5, 5.41) is 18.0. The Balaban J connectivity index is 1.90. The summed E-state index contributed by atoms with van der Waals surface area (Å²) >= 11 is 7.14. The number of carboxylic acids is 1. The van der Waals surface area contributed by atoms with Crippen LogP contribution in [0, 0.1) is 0 Å². The third-order valence-electron chi connectivity index (χ3n) is 4.04. The van der Waals surface area contributed by atoms with E-state index in [-0.39, 0.29) is 5.92 Å². The van der Waals surface area contributed by atoms with Gasteiger partial charge in [0.2, 0.25) is 0 Å². The monoisotopic (exact) mass is 391 g/mol. The molecule has 1 aromatic carbocycles. The summed E-state index contributed by atoms with van der Waals surface area (Å²) in [7, 11) is 1.83. The smallest absolute Gasteiger partial charge is 0.330 e. The number of carbonyl (C=O) groups is 2. The van der Waals surface area contributed by atoms with E-state index >= 15 is 0 Å². The standard InChI is InChI=1S/C18H18ClN3O3S/c1-9(2)14-12-8-13(26-17(12)22(3)21-14)16(23)20-15(18(24)25)10-4-6-11(19)7-5-10/h4-9,15H,1-3H3,(H,20,23)(H,24,25). The fourth-order valence-electron chi connectivity index (χ4n) is 2.75. The third kappa shape index (κ3) is 3.45. The molecule has 3 aromatic rings. The van der Waals surface area contributed by atoms with Crippen LogP contribution in [-0.4, -0.2) is 26.8 Å². The van der Waals surface area contributed by atoms with Gasteiger partial charge in [0.25, 0.3) is 5.91 Å². The van der Waals surface area contributed by atoms with E-state index in [0.717, 1.165) is 15.9 Å². The van der Waals surface area contributed by atoms with Crippen LogP contribution >= 0.6 is 22.9 Å². The summed E-state index contributed by atoms with van der Waals surface area (Å²) in [6.07, 6.45) is 0. The second-order valence-electron chi connectivity index (χ2n) is 6.29. The van der Waals surface area contributed by atoms with E-state index < -0.39 is 17.9 Å². The number of nitrogens with zero attached hydrogens (tertiary/aromatic N) is 2. The molecule has 0 fully saturated rings. The fourth-order valence-corrected chi connectivity index (χ4v) is 3.86. The van der Waals surface area contributed by atoms with Gasteiger partial charge in [-0.2, -0.15) is 5.10 Å². The Morgan fingerprint density at radius 3 is 2.50 bits per heavy atom. The Bertz CT molecular complexity index is 976. The predicted molar refractivity (Wildman–Crippen MR) is 102 cm³/mol. The predicted octanol–water partition coefficient (Wildman–Crippen LogP) is 3.97. The molecule has 2 heterocycles. The number of rotatable bonds is 5. The van der Waals surface area contributed by atoms with E-state index in [0.29, 0.717) is 15.5 Å². The lowest BCUT2D eigenvalue weighted by molar-refractivity contribution is -0.139. The van der Waals surface area contributed by atoms with E-state index in [1.807, 2.05) is 20.9 Å². The number of aryl methyl sites for hydroxylation is 1. The molecule has 0 aliphatic heterocycles. The van der Waals surface area contributed by atoms with Gasteiger partial charge in [0.05, 0.1) is 10.6 Å². The molecule has 3 rings (SSSR count). The molecule has 0 aliphatic rings. The number of halogens is 1. The topological polar surface area (TPSA) is 84.2 Å². The summed E-state index contributed by atoms with van der Waals surface area (Å²) in [5.74, 6) is -1.33. The highest BCUT2D eigenvalue weighted by molar-refractivity contribution is 7.20. The molecule has 0 saturated carbocycles. The number of thiophene rings is 1. The maximum atomic E-state index is 12.6. The lowest BCUT2D eigenvalue weighted by atomic mass is 10.1. The zero-order chi connectivity index (χ0) is 19.0. The SMILES string of the molecule is CC(C)c1nn(C)c2sc(C(=O)NC(C(=O)O)c3ccc(Cl)cc3)cc12. The normalized spacial score (nSPS) is 12.5. The summed E-state index contributed by atoms with van der Waals surface area (Å²) in [6.45, 7) is 4.08. The molecule has 8 heteroatoms. The first-order valence-electron chi connectivity index (χ1n) is 8.03. The minimum atomic E-state index is -1.15. The lowest BCUT2D eigenvalue weighted by Crippen LogP contribution is -2.33. The number of amides is 1. The van der Waals surface area contributed by atoms with Crippen molar-refractivity contribution < 1.29 is 14.7 Å². The number of carboxylic acid groups (broad SMARTS) is 1. The van der Waals surface area contributed by atoms with E-state index in [2.05, 4.69) is 10.4 Å². The van der Waals surface area contributed by atoms with Gasteiger partial charge in [-0.3, -0.25) is 9.48 Å². The number of hydrogen-bond donors (Lipinski definition) is 2. The Hall–Kier alpha value is -2.38. The molecule has 1 unspecified atom stereocenters. The number of carbonyl (C=O) groups excluding carboxylic acids is 1. The maximum absolute atomic E-state index is 12.6. The van der Waals surface area contributed by atoms with Gasteiger partial charge in [-0.05, 0) is 29.7 Å². The fraction of sp³-hybridized carbons (Fsp3) is 0.278. The molecule has 136 valence electrons. The molecule has 0 bridgehead atoms. The molecule has 0 aliphatic carbocycles. The minimum Gasteiger partial charge on any atom is -0.479 e. The first-order chi connectivity index (χ1) is 12.3. The van der Waals surface area contributed by atoms with Gasteiger partial charge in [0.15, 0.2) is 6.04 Å². The highest BCUT2D eigenvalue weighted by Crippen LogP contribution is 2.31. The zero-order valence-electron chi connectivity index (χ0n) is 14.5. The second kappa shape index (κ2) is 7.09. The van der Waals surface area contributed by atoms with Gasteiger partial charge in [-0.25, -0.2) is 4.79 Å². The molecule has 0 saturated heterocycles. The van der Waals surface area contributed by atoms with Gasteiger partial charge in [0.1, 0.15) is 4.83 Å². The molecule has 1 atom stereocenters. The van der Waals surface area contributed by atoms with Gasteiger partial charge < -0.3 is 10.4 Å². The van der Waals surface area contributed by atoms with E-state index in [9.17, 15) is 14.7 Å². The van der Waals surface area contributed by atoms with Crippen LogP contribution in [0.15, 0.2) is 30.3 Å². The van der Waals surface area contributed by atoms with E-state index in [1.165, 1.54) is 11.3 Å². The Morgan fingerprint density at radius 2 is 1.92 bits per heavy atom. The molecule has 26 heavy (non-hydrogen) atoms. The van der Waals surface area contributed by atoms with Gasteiger partial charge in [0, 0.05) is 17.5 Å². The van der Waals surface area contributed by atoms with Crippen molar-refractivity contribution in [3.8, 4) is 0 Å². The summed E-state index contributed by atoms with van der Waals surface area (Å²) in [6, 6.07) is 7.00. The zero-order valence-corrected chi connectivity index (χ0v) is 16.1. The average Bonchev–Trinajstić information content (AvgIpc) is 3.14. The van der Waals surface area contributed by atoms with Crippen molar-refractivity contribution >= 4 is 45.0 Å². The van der Waals surface area contributed by atoms with Crippen molar-refractivity contribution in [1.82, 2.24) is 15.1 Å². The number of nitrogens with one attached hydrogen (secondary N) is 1. The first kappa shape index (κ1) is 18.4. The minimum absolute atomic E-state index is 0.227. The van der Waals surface area contributed by atoms with Crippen LogP contribution < -0.4 is 5.32 Å². The summed E-state index contributed by atoms with van der Waals surface area (Å²) in [4.78, 5) is 25.6. The highest BCUT2D eigenvalue weighted by Gasteiger charge is 2.25. The summed E-state index contributed by atoms with van der Waals surface area (Å²) < 4.78 is 1.75. The molecule has 0 radical (unpaired) electrons. The van der Waals surface area contributed by atoms with Crippen molar-refractivity contribution in [2.24, 2.45) is 7.05 Å². The summed E-state index contributed by atoms with van der Waals surface area (Å²) in [5.41, 5.74) is 1.38. The van der Waals surface area contributed by atoms with Crippen LogP contribution in [0.25, 0.3) is 10.2 Å². The van der Waals surface area contributed by atoms with Crippen molar-refractivity contribution in [3.63, 3.8) is 0 Å². The van der Waals surface area contributed by atoms with Crippen LogP contribution in [0.5, 0.6) is 0 Å². The maximum Gasteiger partial charge on any atom is 0.330 e. The second-order valence-corrected chi connectivity index (χ2v) is 7.76. The quantitative estimate of drug-likeness (QED) is 0.689. The Morgan fingerprint density at radius 1 is 1.27 bits per heavy atom. The van der Waals surface area contributed by atoms with Crippen LogP contribution in [-0.2, 0) is 11.8 Å². The average molecular weight is 392 g/mol. The van der Waals surface area contributed by atoms with Crippen LogP contribution in [0.1, 0.15) is 46.7 Å². The van der Waals surface area contributed by atoms with Crippen molar-refractivity contribution in [2.45, 2.75) is 25.8 Å². The van der Waals surface area contributed by atoms with Gasteiger partial charge in [-0.1, -0.05) is 37.6 Å². The van der Waals surface area contributed by atoms with E-state index in [4.69, 9.17) is 11.6 Å². The van der Waals surface area contributed by atoms with Crippen molar-refractivity contribution in [3.05, 3.63) is 51.5 Å². The lowest BCUT2D eigenvalue weighted by Gasteiger charge is -2.14. The Labute approximate surface area is 159 Å². The Kier molecular flexibility index (Phi) is 5.02. The number of hydrogen-bond acceptors (Lipinski definition) is 4. The molecule has 0 spiro atoms. The molecular formula is C18H18ClN3O3S. The van der Waals surface area contributed by atoms with Crippen molar-refractivity contribution in [2.75, 3.05) is 0 Å². The van der Waals surface area contributed by atoms with Crippen LogP contribution in [0.4, 0.5) is 0 Å². The molecule has 1 amide bonds. The number of benzene rings is 1. The number of aliphatic carboxylic acids is 1. The van der Waals surface area contributed by atoms with Gasteiger partial charge >= 0.3 is 5.97 Å². The van der Waals surface area contributed by atoms with Crippen molar-refractivity contribution in [1.29, 1.82) is 0 Å². The largest absolute Gasteiger partial charge is 0.479 e. The van der Waals surface area contributed by atoms with Gasteiger partial charge in [-0.15, -0.1) is 11.3 Å². The third-order valence-corrected chi connectivity index (χ3v) is 5.49. The highest BCUT2D eigenvalue weighted by atomic mass is 35.5. The number of aromatic nitrogens is 2. The first-order valence-corrected chi connectivity index (χ1v) is 9.23. The van der Waals surface area contributed by atoms with Crippen LogP contribution in [0.2, 0.25) is 5.02 Å². The van der Waals surface area contributed by atoms with Crippen LogP contribution in [0.3, 0.4) is 0 Å². The van der Waals surface area contributed by atoms with E-state index in [1.54, 1.807) is 35.0 Å². The molecular weight excluding hydrogens is 374 g/mol.